The van der Waals surface area contributed by atoms with Crippen LogP contribution < -0.4 is 59.3 Å². The number of fused-ring (bicyclic) bond motifs is 3. The number of nitrogens with one attached hydrogen (secondary N) is 10. The van der Waals surface area contributed by atoms with E-state index in [1.54, 1.807) is 61.5 Å². The van der Waals surface area contributed by atoms with Crippen molar-refractivity contribution in [3.8, 4) is 5.75 Å². The van der Waals surface area contributed by atoms with E-state index in [1.165, 1.54) is 63.5 Å². The zero-order chi connectivity index (χ0) is 99.6. The Hall–Kier alpha value is -14.1. The van der Waals surface area contributed by atoms with Gasteiger partial charge in [0.1, 0.15) is 90.1 Å². The summed E-state index contributed by atoms with van der Waals surface area (Å²) in [5, 5.41) is 65.1. The van der Waals surface area contributed by atoms with Crippen molar-refractivity contribution >= 4 is 129 Å². The number of halogens is 4. The summed E-state index contributed by atoms with van der Waals surface area (Å²) in [7, 11) is 3.39. The number of rotatable bonds is 24. The van der Waals surface area contributed by atoms with Crippen LogP contribution in [0.2, 0.25) is 0 Å². The molecule has 0 radical (unpaired) electrons. The molecule has 732 valence electrons. The number of carbonyl (C=O) groups excluding carboxylic acids is 16. The molecule has 6 aromatic rings. The van der Waals surface area contributed by atoms with Gasteiger partial charge in [-0.1, -0.05) is 106 Å². The van der Waals surface area contributed by atoms with E-state index >= 15 is 51.9 Å². The number of phenols is 1. The highest BCUT2D eigenvalue weighted by atomic mass is 32.2. The number of carboxylic acid groups (broad SMARTS) is 2. The highest BCUT2D eigenvalue weighted by Crippen LogP contribution is 2.29. The molecule has 14 atom stereocenters. The number of phenolic OH excluding ortho intramolecular Hbond substituents is 1. The Balaban J connectivity index is 1.15. The maximum atomic E-state index is 15.7. The van der Waals surface area contributed by atoms with Crippen LogP contribution in [0.15, 0.2) is 121 Å². The second kappa shape index (κ2) is 49.2. The summed E-state index contributed by atoms with van der Waals surface area (Å²) in [6.07, 6.45) is -6.10. The number of nitrogens with two attached hydrogens (primary N) is 2. The fraction of sp³-hybridized carbons (Fsp3) is 0.457. The third-order valence-electron chi connectivity index (χ3n) is 23.7. The van der Waals surface area contributed by atoms with Crippen LogP contribution in [0.4, 0.5) is 17.6 Å². The molecule has 0 aliphatic carbocycles. The minimum absolute atomic E-state index is 0.108. The Morgan fingerprint density at radius 3 is 1.71 bits per heavy atom. The number of aromatic nitrogens is 1. The number of carbonyl (C=O) groups is 18. The van der Waals surface area contributed by atoms with Crippen LogP contribution in [-0.2, 0) is 118 Å². The predicted molar refractivity (Wildman–Crippen MR) is 482 cm³/mol. The van der Waals surface area contributed by atoms with Crippen molar-refractivity contribution in [1.29, 1.82) is 0 Å². The number of benzene rings is 5. The SMILES string of the molecule is CCCC[C@H]1C(=O)N2C[C@@H](O)C[C@@H]2C(=O)N[C@@H](CC(=O)O)C(=O)N[C@@H](C(C)C)C(=O)N(C)[C@@H](Cc2ccccc2)C(=O)N[C@@H](CCC(=O)O)C(=O)N2CCCC[C@@H]2C(=O)N[C@@H](Cc2c[nH]c3ccccc23)C(=O)N[C@@H](Cc2ccc(O)cc2)C(=O)N[C@@H](CC(N)=O)C(=O)N[C@H](C(=O)NCC(N)=O)CSCC(=O)N[C@@H](Cc2cc(F)c(F)c(F)c2)C(=O)N(C)[C@@H](Cc2ccc(F)cc2)C(=O)N1C. The van der Waals surface area contributed by atoms with Crippen molar-refractivity contribution in [1.82, 2.24) is 77.3 Å². The fourth-order valence-corrected chi connectivity index (χ4v) is 17.2. The average Bonchev–Trinajstić information content (AvgIpc) is 1.58. The van der Waals surface area contributed by atoms with Gasteiger partial charge in [-0.3, -0.25) is 86.3 Å². The Morgan fingerprint density at radius 2 is 1.07 bits per heavy atom. The van der Waals surface area contributed by atoms with Crippen LogP contribution in [0.3, 0.4) is 0 Å². The largest absolute Gasteiger partial charge is 0.508 e. The molecule has 136 heavy (non-hydrogen) atoms. The monoisotopic (exact) mass is 1920 g/mol. The number of aromatic hydroxyl groups is 1. The van der Waals surface area contributed by atoms with Gasteiger partial charge in [0.05, 0.1) is 31.2 Å². The summed E-state index contributed by atoms with van der Waals surface area (Å²) in [5.74, 6) is -30.3. The molecule has 3 aliphatic rings. The number of hydrogen-bond acceptors (Lipinski definition) is 21. The zero-order valence-corrected chi connectivity index (χ0v) is 76.3. The van der Waals surface area contributed by atoms with E-state index in [2.05, 4.69) is 52.8 Å². The number of primary amides is 2. The van der Waals surface area contributed by atoms with E-state index in [1.807, 2.05) is 0 Å². The van der Waals surface area contributed by atoms with Gasteiger partial charge in [-0.2, -0.15) is 0 Å². The number of aliphatic hydroxyl groups is 1. The van der Waals surface area contributed by atoms with Gasteiger partial charge >= 0.3 is 11.9 Å². The lowest BCUT2D eigenvalue weighted by Gasteiger charge is -2.38. The molecular formula is C92H113F4N17O22S. The van der Waals surface area contributed by atoms with Gasteiger partial charge in [0.25, 0.3) is 0 Å². The number of carboxylic acids is 2. The summed E-state index contributed by atoms with van der Waals surface area (Å²) < 4.78 is 59.8. The molecule has 1 aromatic heterocycles. The molecule has 0 unspecified atom stereocenters. The van der Waals surface area contributed by atoms with Crippen LogP contribution >= 0.6 is 11.8 Å². The van der Waals surface area contributed by atoms with Crippen molar-refractivity contribution in [3.05, 3.63) is 173 Å². The summed E-state index contributed by atoms with van der Waals surface area (Å²) in [6.45, 7) is 2.97. The third-order valence-corrected chi connectivity index (χ3v) is 24.7. The molecule has 3 saturated heterocycles. The van der Waals surface area contributed by atoms with Gasteiger partial charge in [0.15, 0.2) is 17.5 Å². The van der Waals surface area contributed by atoms with Crippen LogP contribution in [0.1, 0.15) is 119 Å². The standard InChI is InChI=1S/C92H113F4N17O22S/c1-7-8-20-69-91(134)113-45-56(115)40-71(113)87(130)106-65(42-77(121)122)84(127)108-79(48(2)3)92(135)110(5)70(37-49-16-10-9-11-17-49)86(129)102-61(30-31-76(119)120)89(132)112-32-15-14-21-68(112)85(128)105-63(39-53-43-99-60-19-13-12-18-57(53)60)82(125)103-62(35-50-24-28-55(114)29-25-50)81(124)104-64(41-73(97)116)83(126)107-67(80(123)100-44-74(98)117)46-136-47-75(118)101-66(36-52-33-58(94)78(96)59(95)34-52)88(131)111(6)72(90(133)109(69)4)38-51-22-26-54(93)27-23-51/h9-13,16-19,22-29,33-34,43,48,56,61-72,79,99,114-115H,7-8,14-15,20-21,30-32,35-42,44-47H2,1-6H3,(H2,97,116)(H2,98,117)(H,100,123)(H,101,118)(H,102,129)(H,103,125)(H,104,124)(H,105,128)(H,106,130)(H,107,126)(H,108,127)(H,119,120)(H,121,122)/t56-,61-,62-,63-,64-,65-,66-,67-,68+,69-,70-,71+,72-,79-/m0/s1. The first-order chi connectivity index (χ1) is 64.5. The topological polar surface area (TPSA) is 580 Å². The molecular weight excluding hydrogens is 1800 g/mol. The zero-order valence-electron chi connectivity index (χ0n) is 75.5. The highest BCUT2D eigenvalue weighted by Gasteiger charge is 2.48. The molecule has 9 rings (SSSR count). The van der Waals surface area contributed by atoms with E-state index in [-0.39, 0.29) is 68.4 Å². The van der Waals surface area contributed by atoms with Crippen molar-refractivity contribution in [2.45, 2.75) is 208 Å². The number of nitrogens with zero attached hydrogens (tertiary/aromatic N) is 5. The first-order valence-corrected chi connectivity index (χ1v) is 45.3. The minimum atomic E-state index is -2.09. The maximum Gasteiger partial charge on any atom is 0.305 e. The molecule has 16 amide bonds. The van der Waals surface area contributed by atoms with E-state index in [9.17, 15) is 72.4 Å². The lowest BCUT2D eigenvalue weighted by Crippen LogP contribution is -2.63. The summed E-state index contributed by atoms with van der Waals surface area (Å²) >= 11 is 0.532. The lowest BCUT2D eigenvalue weighted by atomic mass is 9.97. The number of hydrogen-bond donors (Lipinski definition) is 16. The lowest BCUT2D eigenvalue weighted by molar-refractivity contribution is -0.152. The molecule has 4 heterocycles. The summed E-state index contributed by atoms with van der Waals surface area (Å²) in [5.41, 5.74) is 12.4. The van der Waals surface area contributed by atoms with Gasteiger partial charge < -0.3 is 109 Å². The van der Waals surface area contributed by atoms with E-state index < -0.39 is 302 Å². The Labute approximate surface area is 783 Å². The van der Waals surface area contributed by atoms with Crippen molar-refractivity contribution in [3.63, 3.8) is 0 Å². The number of para-hydroxylation sites is 1. The summed E-state index contributed by atoms with van der Waals surface area (Å²) in [6, 6.07) is 2.07. The molecule has 3 fully saturated rings. The number of thioether (sulfide) groups is 1. The quantitative estimate of drug-likeness (QED) is 0.0281. The van der Waals surface area contributed by atoms with E-state index in [4.69, 9.17) is 11.5 Å². The first-order valence-electron chi connectivity index (χ1n) is 44.1. The number of aliphatic hydroxyl groups excluding tert-OH is 1. The molecule has 5 aromatic carbocycles. The number of H-pyrrole nitrogens is 1. The molecule has 39 nitrogen and oxygen atoms in total. The highest BCUT2D eigenvalue weighted by molar-refractivity contribution is 8.00. The van der Waals surface area contributed by atoms with Crippen molar-refractivity contribution < 1.29 is 124 Å². The number of piperidine rings is 1. The van der Waals surface area contributed by atoms with E-state index in [0.717, 1.165) is 50.7 Å². The number of unbranched alkanes of at least 4 members (excludes halogenated alkanes) is 1. The van der Waals surface area contributed by atoms with Crippen LogP contribution in [0.5, 0.6) is 5.75 Å². The third kappa shape index (κ3) is 29.2. The smallest absolute Gasteiger partial charge is 0.305 e. The normalized spacial score (nSPS) is 23.9. The van der Waals surface area contributed by atoms with Gasteiger partial charge in [-0.15, -0.1) is 11.8 Å². The minimum Gasteiger partial charge on any atom is -0.508 e. The fourth-order valence-electron chi connectivity index (χ4n) is 16.3. The Kier molecular flexibility index (Phi) is 38.2. The number of aliphatic carboxylic acids is 2. The van der Waals surface area contributed by atoms with Crippen molar-refractivity contribution in [2.24, 2.45) is 17.4 Å². The van der Waals surface area contributed by atoms with Crippen molar-refractivity contribution in [2.75, 3.05) is 52.3 Å². The molecule has 3 aliphatic heterocycles. The molecule has 0 spiro atoms. The van der Waals surface area contributed by atoms with Gasteiger partial charge in [0, 0.05) is 102 Å². The van der Waals surface area contributed by atoms with Gasteiger partial charge in [-0.25, -0.2) is 17.6 Å². The molecule has 44 heteroatoms. The predicted octanol–water partition coefficient (Wildman–Crippen LogP) is 0.0549. The van der Waals surface area contributed by atoms with E-state index in [0.29, 0.717) is 52.3 Å². The average molecular weight is 1920 g/mol. The van der Waals surface area contributed by atoms with Crippen LogP contribution in [-0.4, -0.2) is 293 Å². The first kappa shape index (κ1) is 106. The number of aromatic amines is 1. The Morgan fingerprint density at radius 1 is 0.522 bits per heavy atom. The molecule has 0 saturated carbocycles. The van der Waals surface area contributed by atoms with Gasteiger partial charge in [-0.05, 0) is 108 Å². The number of likely N-dealkylation sites (N-methyl/N-ethyl adjacent to an activating group) is 3. The van der Waals surface area contributed by atoms with Crippen LogP contribution in [0, 0.1) is 29.2 Å². The van der Waals surface area contributed by atoms with Gasteiger partial charge in [0.2, 0.25) is 94.5 Å². The maximum absolute atomic E-state index is 15.7. The van der Waals surface area contributed by atoms with Crippen LogP contribution in [0.25, 0.3) is 10.9 Å². The second-order valence-electron chi connectivity index (χ2n) is 34.1. The molecule has 0 bridgehead atoms. The Bertz CT molecular complexity index is 5370. The number of amides is 16. The molecule has 18 N–H and O–H groups in total. The second-order valence-corrected chi connectivity index (χ2v) is 35.2. The summed E-state index contributed by atoms with van der Waals surface area (Å²) in [4.78, 5) is 270.